The predicted molar refractivity (Wildman–Crippen MR) is 167 cm³/mol. The molecule has 5 rings (SSSR count). The zero-order valence-corrected chi connectivity index (χ0v) is 25.7. The zero-order chi connectivity index (χ0) is 31.6. The minimum Gasteiger partial charge on any atom is -0.394 e. The summed E-state index contributed by atoms with van der Waals surface area (Å²) in [6.45, 7) is 4.82. The maximum absolute atomic E-state index is 12.6. The number of likely N-dealkylation sites (tertiary alicyclic amines) is 1. The van der Waals surface area contributed by atoms with E-state index in [1.807, 2.05) is 29.6 Å². The molecule has 2 aliphatic heterocycles. The van der Waals surface area contributed by atoms with Crippen LogP contribution in [0.1, 0.15) is 37.8 Å². The van der Waals surface area contributed by atoms with Gasteiger partial charge in [-0.05, 0) is 43.0 Å². The second kappa shape index (κ2) is 13.6. The molecule has 2 aromatic carbocycles. The second-order valence-corrected chi connectivity index (χ2v) is 12.1. The van der Waals surface area contributed by atoms with Gasteiger partial charge in [0, 0.05) is 49.8 Å². The van der Waals surface area contributed by atoms with E-state index in [9.17, 15) is 27.9 Å². The van der Waals surface area contributed by atoms with Gasteiger partial charge in [-0.3, -0.25) is 19.4 Å². The number of hydrogen-bond donors (Lipinski definition) is 3. The Kier molecular flexibility index (Phi) is 10.1. The van der Waals surface area contributed by atoms with Gasteiger partial charge in [-0.25, -0.2) is 4.98 Å². The Morgan fingerprint density at radius 1 is 1.05 bits per heavy atom. The van der Waals surface area contributed by atoms with E-state index >= 15 is 0 Å². The summed E-state index contributed by atoms with van der Waals surface area (Å²) in [5, 5.41) is 15.8. The first-order valence-electron chi connectivity index (χ1n) is 14.7. The van der Waals surface area contributed by atoms with Gasteiger partial charge in [-0.2, -0.15) is 13.2 Å². The quantitative estimate of drug-likeness (QED) is 0.266. The van der Waals surface area contributed by atoms with E-state index in [0.29, 0.717) is 28.4 Å². The van der Waals surface area contributed by atoms with Crippen molar-refractivity contribution in [1.82, 2.24) is 14.8 Å². The van der Waals surface area contributed by atoms with Gasteiger partial charge in [0.25, 0.3) is 10.9 Å². The van der Waals surface area contributed by atoms with Crippen molar-refractivity contribution in [3.8, 4) is 0 Å². The van der Waals surface area contributed by atoms with Crippen molar-refractivity contribution in [2.75, 3.05) is 61.4 Å². The average molecular weight is 656 g/mol. The Labute approximate surface area is 263 Å². The molecule has 44 heavy (non-hydrogen) atoms. The highest BCUT2D eigenvalue weighted by Crippen LogP contribution is 2.33. The maximum Gasteiger partial charge on any atom is 0.405 e. The van der Waals surface area contributed by atoms with Crippen molar-refractivity contribution in [1.29, 1.82) is 0 Å². The lowest BCUT2D eigenvalue weighted by Crippen LogP contribution is -2.58. The van der Waals surface area contributed by atoms with Crippen LogP contribution in [0, 0.1) is 0 Å². The highest BCUT2D eigenvalue weighted by Gasteiger charge is 2.35. The van der Waals surface area contributed by atoms with Gasteiger partial charge in [-0.15, -0.1) is 0 Å². The second-order valence-electron chi connectivity index (χ2n) is 11.3. The summed E-state index contributed by atoms with van der Waals surface area (Å²) < 4.78 is 37.8. The van der Waals surface area contributed by atoms with E-state index in [1.54, 1.807) is 6.07 Å². The number of hydrogen-bond acceptors (Lipinski definition) is 9. The molecule has 1 aromatic heterocycles. The summed E-state index contributed by atoms with van der Waals surface area (Å²) in [6, 6.07) is 9.86. The minimum atomic E-state index is -4.54. The molecule has 2 fully saturated rings. The average Bonchev–Trinajstić information content (AvgIpc) is 3.01. The number of pyridine rings is 1. The number of aliphatic hydroxyl groups excluding tert-OH is 1. The van der Waals surface area contributed by atoms with Gasteiger partial charge < -0.3 is 20.6 Å². The van der Waals surface area contributed by atoms with Gasteiger partial charge in [-0.1, -0.05) is 42.3 Å². The SMILES string of the molecule is CC[C@H]1CN(c2ncc(Nc3c(NCC(F)(F)F)c(=O)c3=O)cc2Cl)CCN1C1CCN(C(CO)c2ccc(Cl)cc2)CC1. The summed E-state index contributed by atoms with van der Waals surface area (Å²) in [5.74, 6) is 0.583. The number of anilines is 4. The molecule has 0 saturated carbocycles. The molecule has 0 bridgehead atoms. The Morgan fingerprint density at radius 3 is 2.34 bits per heavy atom. The summed E-state index contributed by atoms with van der Waals surface area (Å²) in [4.78, 5) is 35.3. The van der Waals surface area contributed by atoms with Crippen LogP contribution in [0.15, 0.2) is 46.1 Å². The third-order valence-electron chi connectivity index (χ3n) is 8.60. The standard InChI is InChI=1S/C30H35Cl2F3N6O3/c1-2-21-15-40(11-12-41(21)22-7-9-39(10-8-22)24(16-42)18-3-5-19(31)6-4-18)29-23(32)13-20(14-36-29)38-26-25(27(43)28(26)44)37-17-30(33,34)35/h3-6,13-14,21-22,24,37-38,42H,2,7-12,15-17H2,1H3/t21-,24?/m0/s1. The Hall–Kier alpha value is -2.90. The third-order valence-corrected chi connectivity index (χ3v) is 9.13. The summed E-state index contributed by atoms with van der Waals surface area (Å²) in [6.07, 6.45) is -0.154. The molecule has 3 aromatic rings. The van der Waals surface area contributed by atoms with Crippen LogP contribution < -0.4 is 26.4 Å². The van der Waals surface area contributed by atoms with Crippen molar-refractivity contribution >= 4 is 46.1 Å². The van der Waals surface area contributed by atoms with Gasteiger partial charge >= 0.3 is 6.18 Å². The van der Waals surface area contributed by atoms with E-state index in [0.717, 1.165) is 51.0 Å². The number of alkyl halides is 3. The maximum atomic E-state index is 12.6. The fourth-order valence-corrected chi connectivity index (χ4v) is 6.71. The van der Waals surface area contributed by atoms with Crippen LogP contribution in [0.3, 0.4) is 0 Å². The van der Waals surface area contributed by atoms with Crippen molar-refractivity contribution in [2.45, 2.75) is 50.5 Å². The third kappa shape index (κ3) is 7.15. The lowest BCUT2D eigenvalue weighted by atomic mass is 9.96. The Morgan fingerprint density at radius 2 is 1.73 bits per heavy atom. The number of aromatic nitrogens is 1. The molecule has 2 atom stereocenters. The van der Waals surface area contributed by atoms with Gasteiger partial charge in [0.2, 0.25) is 0 Å². The number of halogens is 5. The smallest absolute Gasteiger partial charge is 0.394 e. The molecule has 3 heterocycles. The van der Waals surface area contributed by atoms with E-state index in [2.05, 4.69) is 31.9 Å². The van der Waals surface area contributed by atoms with E-state index in [-0.39, 0.29) is 30.1 Å². The highest BCUT2D eigenvalue weighted by molar-refractivity contribution is 6.33. The van der Waals surface area contributed by atoms with Crippen LogP contribution in [-0.2, 0) is 0 Å². The van der Waals surface area contributed by atoms with E-state index in [4.69, 9.17) is 23.2 Å². The molecule has 0 radical (unpaired) electrons. The fourth-order valence-electron chi connectivity index (χ4n) is 6.30. The molecule has 14 heteroatoms. The van der Waals surface area contributed by atoms with Crippen LogP contribution in [0.25, 0.3) is 0 Å². The molecule has 1 unspecified atom stereocenters. The Bertz CT molecular complexity index is 1510. The first-order chi connectivity index (χ1) is 21.0. The molecule has 2 aliphatic rings. The van der Waals surface area contributed by atoms with Gasteiger partial charge in [0.05, 0.1) is 29.6 Å². The molecule has 3 N–H and O–H groups in total. The lowest BCUT2D eigenvalue weighted by Gasteiger charge is -2.48. The molecular formula is C30H35Cl2F3N6O3. The summed E-state index contributed by atoms with van der Waals surface area (Å²) >= 11 is 12.7. The molecular weight excluding hydrogens is 620 g/mol. The fraction of sp³-hybridized carbons (Fsp3) is 0.500. The number of piperidine rings is 1. The van der Waals surface area contributed by atoms with Crippen LogP contribution >= 0.6 is 23.2 Å². The zero-order valence-electron chi connectivity index (χ0n) is 24.2. The number of aliphatic hydroxyl groups is 1. The highest BCUT2D eigenvalue weighted by atomic mass is 35.5. The number of benzene rings is 1. The largest absolute Gasteiger partial charge is 0.405 e. The number of rotatable bonds is 10. The topological polar surface area (TPSA) is 101 Å². The molecule has 0 spiro atoms. The molecule has 238 valence electrons. The van der Waals surface area contributed by atoms with Crippen molar-refractivity contribution < 1.29 is 18.3 Å². The Balaban J connectivity index is 1.19. The normalized spacial score (nSPS) is 19.8. The van der Waals surface area contributed by atoms with E-state index in [1.165, 1.54) is 6.20 Å². The summed E-state index contributed by atoms with van der Waals surface area (Å²) in [5.41, 5.74) is -1.20. The first-order valence-corrected chi connectivity index (χ1v) is 15.4. The molecule has 0 amide bonds. The van der Waals surface area contributed by atoms with Crippen molar-refractivity contribution in [3.63, 3.8) is 0 Å². The number of piperazine rings is 1. The number of nitrogens with one attached hydrogen (secondary N) is 2. The van der Waals surface area contributed by atoms with Crippen molar-refractivity contribution in [2.24, 2.45) is 0 Å². The summed E-state index contributed by atoms with van der Waals surface area (Å²) in [7, 11) is 0. The van der Waals surface area contributed by atoms with Crippen LogP contribution in [0.2, 0.25) is 10.0 Å². The molecule has 0 aliphatic carbocycles. The van der Waals surface area contributed by atoms with Crippen LogP contribution in [0.5, 0.6) is 0 Å². The van der Waals surface area contributed by atoms with Crippen molar-refractivity contribution in [3.05, 3.63) is 72.6 Å². The van der Waals surface area contributed by atoms with Gasteiger partial charge in [0.15, 0.2) is 0 Å². The molecule has 9 nitrogen and oxygen atoms in total. The minimum absolute atomic E-state index is 0.0484. The molecule has 2 saturated heterocycles. The first kappa shape index (κ1) is 32.5. The van der Waals surface area contributed by atoms with Crippen LogP contribution in [-0.4, -0.2) is 84.0 Å². The van der Waals surface area contributed by atoms with Gasteiger partial charge in [0.1, 0.15) is 23.7 Å². The van der Waals surface area contributed by atoms with E-state index < -0.39 is 29.3 Å². The monoisotopic (exact) mass is 654 g/mol. The van der Waals surface area contributed by atoms with Crippen LogP contribution in [0.4, 0.5) is 36.1 Å². The number of nitrogens with zero attached hydrogens (tertiary/aromatic N) is 4. The lowest BCUT2D eigenvalue weighted by molar-refractivity contribution is -0.115. The predicted octanol–water partition coefficient (Wildman–Crippen LogP) is 4.80.